The molecule has 3 aromatic rings. The molecule has 0 saturated heterocycles. The highest BCUT2D eigenvalue weighted by molar-refractivity contribution is 6.35. The van der Waals surface area contributed by atoms with Gasteiger partial charge in [-0.25, -0.2) is 4.98 Å². The highest BCUT2D eigenvalue weighted by atomic mass is 35.5. The number of pyridine rings is 1. The second kappa shape index (κ2) is 6.25. The Hall–Kier alpha value is -1.90. The first kappa shape index (κ1) is 14.1. The van der Waals surface area contributed by atoms with Crippen molar-refractivity contribution >= 4 is 22.5 Å². The number of halogens is 1. The van der Waals surface area contributed by atoms with Crippen LogP contribution in [0.3, 0.4) is 0 Å². The highest BCUT2D eigenvalue weighted by Crippen LogP contribution is 2.29. The lowest BCUT2D eigenvalue weighted by molar-refractivity contribution is 0.202. The van der Waals surface area contributed by atoms with E-state index in [2.05, 4.69) is 6.07 Å². The molecule has 1 aromatic heterocycles. The highest BCUT2D eigenvalue weighted by Gasteiger charge is 2.09. The predicted octanol–water partition coefficient (Wildman–Crippen LogP) is 4.74. The summed E-state index contributed by atoms with van der Waals surface area (Å²) in [5.74, 6) is 0. The first-order valence-electron chi connectivity index (χ1n) is 6.92. The Kier molecular flexibility index (Phi) is 4.18. The van der Waals surface area contributed by atoms with E-state index < -0.39 is 0 Å². The van der Waals surface area contributed by atoms with Gasteiger partial charge in [-0.1, -0.05) is 60.1 Å². The van der Waals surface area contributed by atoms with E-state index in [-0.39, 0.29) is 0 Å². The molecule has 0 N–H and O–H groups in total. The summed E-state index contributed by atoms with van der Waals surface area (Å²) in [6.07, 6.45) is 0.829. The summed E-state index contributed by atoms with van der Waals surface area (Å²) in [6.45, 7) is 0.675. The fraction of sp³-hybridized carbons (Fsp3) is 0.167. The van der Waals surface area contributed by atoms with Crippen molar-refractivity contribution in [1.82, 2.24) is 4.98 Å². The summed E-state index contributed by atoms with van der Waals surface area (Å²) in [4.78, 5) is 4.82. The van der Waals surface area contributed by atoms with Crippen molar-refractivity contribution in [1.29, 1.82) is 0 Å². The molecule has 0 saturated carbocycles. The van der Waals surface area contributed by atoms with E-state index in [4.69, 9.17) is 21.3 Å². The van der Waals surface area contributed by atoms with Gasteiger partial charge in [0.15, 0.2) is 0 Å². The van der Waals surface area contributed by atoms with Crippen LogP contribution in [0, 0.1) is 0 Å². The number of rotatable bonds is 4. The number of aromatic nitrogens is 1. The molecule has 0 fully saturated rings. The molecule has 3 rings (SSSR count). The van der Waals surface area contributed by atoms with Crippen LogP contribution in [-0.4, -0.2) is 18.7 Å². The van der Waals surface area contributed by atoms with Crippen LogP contribution in [0.1, 0.15) is 5.56 Å². The molecule has 2 nitrogen and oxygen atoms in total. The van der Waals surface area contributed by atoms with Crippen molar-refractivity contribution in [3.63, 3.8) is 0 Å². The van der Waals surface area contributed by atoms with E-state index in [0.29, 0.717) is 6.61 Å². The molecule has 0 aliphatic rings. The monoisotopic (exact) mass is 297 g/mol. The van der Waals surface area contributed by atoms with E-state index in [9.17, 15) is 0 Å². The van der Waals surface area contributed by atoms with Gasteiger partial charge < -0.3 is 4.74 Å². The molecule has 0 aliphatic heterocycles. The lowest BCUT2D eigenvalue weighted by atomic mass is 10.0. The summed E-state index contributed by atoms with van der Waals surface area (Å²) in [5, 5.41) is 1.73. The van der Waals surface area contributed by atoms with Gasteiger partial charge in [0.25, 0.3) is 0 Å². The van der Waals surface area contributed by atoms with Crippen molar-refractivity contribution in [2.24, 2.45) is 0 Å². The van der Waals surface area contributed by atoms with Crippen LogP contribution in [0.25, 0.3) is 22.2 Å². The summed E-state index contributed by atoms with van der Waals surface area (Å²) in [7, 11) is 1.71. The van der Waals surface area contributed by atoms with Gasteiger partial charge in [0.2, 0.25) is 0 Å². The molecule has 0 atom stereocenters. The number of fused-ring (bicyclic) bond motifs is 1. The molecule has 0 bridgehead atoms. The first-order valence-corrected chi connectivity index (χ1v) is 7.30. The van der Waals surface area contributed by atoms with Gasteiger partial charge in [-0.3, -0.25) is 0 Å². The first-order chi connectivity index (χ1) is 10.3. The van der Waals surface area contributed by atoms with E-state index in [1.54, 1.807) is 7.11 Å². The van der Waals surface area contributed by atoms with Gasteiger partial charge in [0.05, 0.1) is 22.8 Å². The maximum absolute atomic E-state index is 6.45. The quantitative estimate of drug-likeness (QED) is 0.693. The number of nitrogens with zero attached hydrogens (tertiary/aromatic N) is 1. The maximum atomic E-state index is 6.45. The van der Waals surface area contributed by atoms with Crippen LogP contribution in [-0.2, 0) is 11.2 Å². The van der Waals surface area contributed by atoms with Crippen LogP contribution in [0.2, 0.25) is 5.02 Å². The third-order valence-corrected chi connectivity index (χ3v) is 3.83. The van der Waals surface area contributed by atoms with Crippen molar-refractivity contribution in [3.8, 4) is 11.3 Å². The Labute approximate surface area is 129 Å². The average Bonchev–Trinajstić information content (AvgIpc) is 2.54. The van der Waals surface area contributed by atoms with Crippen molar-refractivity contribution < 1.29 is 4.74 Å². The lowest BCUT2D eigenvalue weighted by Crippen LogP contribution is -1.97. The van der Waals surface area contributed by atoms with Crippen molar-refractivity contribution in [2.75, 3.05) is 13.7 Å². The molecule has 106 valence electrons. The number of hydrogen-bond acceptors (Lipinski definition) is 2. The second-order valence-electron chi connectivity index (χ2n) is 4.91. The standard InChI is InChI=1S/C18H16ClNO/c1-21-11-10-14-8-5-9-15-16(19)12-17(20-18(14)15)13-6-3-2-4-7-13/h2-9,12H,10-11H2,1H3. The van der Waals surface area contributed by atoms with Gasteiger partial charge >= 0.3 is 0 Å². The zero-order valence-corrected chi connectivity index (χ0v) is 12.6. The summed E-state index contributed by atoms with van der Waals surface area (Å²) in [6, 6.07) is 18.1. The molecule has 0 radical (unpaired) electrons. The summed E-state index contributed by atoms with van der Waals surface area (Å²) in [5.41, 5.74) is 4.09. The smallest absolute Gasteiger partial charge is 0.0757 e. The number of benzene rings is 2. The van der Waals surface area contributed by atoms with Gasteiger partial charge in [-0.15, -0.1) is 0 Å². The molecular weight excluding hydrogens is 282 g/mol. The van der Waals surface area contributed by atoms with Crippen molar-refractivity contribution in [3.05, 3.63) is 65.2 Å². The van der Waals surface area contributed by atoms with Crippen LogP contribution < -0.4 is 0 Å². The normalized spacial score (nSPS) is 11.0. The van der Waals surface area contributed by atoms with Crippen LogP contribution in [0.4, 0.5) is 0 Å². The maximum Gasteiger partial charge on any atom is 0.0757 e. The lowest BCUT2D eigenvalue weighted by Gasteiger charge is -2.09. The fourth-order valence-electron chi connectivity index (χ4n) is 2.44. The molecule has 0 spiro atoms. The molecule has 1 heterocycles. The van der Waals surface area contributed by atoms with E-state index in [0.717, 1.165) is 39.2 Å². The molecular formula is C18H16ClNO. The van der Waals surface area contributed by atoms with Crippen LogP contribution in [0.15, 0.2) is 54.6 Å². The topological polar surface area (TPSA) is 22.1 Å². The molecule has 21 heavy (non-hydrogen) atoms. The Morgan fingerprint density at radius 3 is 2.62 bits per heavy atom. The molecule has 0 unspecified atom stereocenters. The van der Waals surface area contributed by atoms with Crippen molar-refractivity contribution in [2.45, 2.75) is 6.42 Å². The molecule has 3 heteroatoms. The molecule has 2 aromatic carbocycles. The second-order valence-corrected chi connectivity index (χ2v) is 5.32. The minimum Gasteiger partial charge on any atom is -0.384 e. The van der Waals surface area contributed by atoms with E-state index in [1.165, 1.54) is 0 Å². The largest absolute Gasteiger partial charge is 0.384 e. The average molecular weight is 298 g/mol. The number of methoxy groups -OCH3 is 1. The number of ether oxygens (including phenoxy) is 1. The van der Waals surface area contributed by atoms with Crippen LogP contribution >= 0.6 is 11.6 Å². The fourth-order valence-corrected chi connectivity index (χ4v) is 2.69. The number of para-hydroxylation sites is 1. The third kappa shape index (κ3) is 2.92. The number of hydrogen-bond donors (Lipinski definition) is 0. The molecule has 0 amide bonds. The third-order valence-electron chi connectivity index (χ3n) is 3.52. The van der Waals surface area contributed by atoms with E-state index in [1.807, 2.05) is 48.5 Å². The Morgan fingerprint density at radius 1 is 1.05 bits per heavy atom. The van der Waals surface area contributed by atoms with Gasteiger partial charge in [0.1, 0.15) is 0 Å². The summed E-state index contributed by atoms with van der Waals surface area (Å²) < 4.78 is 5.18. The van der Waals surface area contributed by atoms with E-state index >= 15 is 0 Å². The minimum absolute atomic E-state index is 0.675. The van der Waals surface area contributed by atoms with Gasteiger partial charge in [-0.2, -0.15) is 0 Å². The Balaban J connectivity index is 2.17. The molecule has 0 aliphatic carbocycles. The minimum atomic E-state index is 0.675. The predicted molar refractivity (Wildman–Crippen MR) is 87.8 cm³/mol. The Bertz CT molecular complexity index is 756. The van der Waals surface area contributed by atoms with Gasteiger partial charge in [0, 0.05) is 18.1 Å². The SMILES string of the molecule is COCCc1cccc2c(Cl)cc(-c3ccccc3)nc12. The zero-order valence-electron chi connectivity index (χ0n) is 11.8. The zero-order chi connectivity index (χ0) is 14.7. The van der Waals surface area contributed by atoms with Crippen LogP contribution in [0.5, 0.6) is 0 Å². The summed E-state index contributed by atoms with van der Waals surface area (Å²) >= 11 is 6.45. The Morgan fingerprint density at radius 2 is 1.86 bits per heavy atom. The van der Waals surface area contributed by atoms with Gasteiger partial charge in [-0.05, 0) is 18.1 Å².